The first-order valence-electron chi connectivity index (χ1n) is 7.28. The maximum Gasteiger partial charge on any atom is 0.416 e. The zero-order chi connectivity index (χ0) is 17.5. The molecule has 0 saturated carbocycles. The van der Waals surface area contributed by atoms with E-state index in [2.05, 4.69) is 4.98 Å². The number of halogens is 4. The standard InChI is InChI=1S/C17H14ClF3N2S/c1-3-24-14-7-5-4-6-11(14)16-22-13-9-10(17(19,20)21)8-12(18)15(13)23(16)2/h4-9H,3H2,1-2H3. The van der Waals surface area contributed by atoms with E-state index < -0.39 is 11.7 Å². The van der Waals surface area contributed by atoms with Crippen LogP contribution in [0, 0.1) is 0 Å². The number of aryl methyl sites for hydroxylation is 1. The molecule has 24 heavy (non-hydrogen) atoms. The fraction of sp³-hybridized carbons (Fsp3) is 0.235. The van der Waals surface area contributed by atoms with E-state index in [0.717, 1.165) is 28.3 Å². The number of thioether (sulfide) groups is 1. The smallest absolute Gasteiger partial charge is 0.326 e. The number of benzene rings is 2. The van der Waals surface area contributed by atoms with Crippen LogP contribution in [-0.2, 0) is 13.2 Å². The van der Waals surface area contributed by atoms with Crippen molar-refractivity contribution in [2.24, 2.45) is 7.05 Å². The number of imidazole rings is 1. The lowest BCUT2D eigenvalue weighted by Crippen LogP contribution is -2.04. The summed E-state index contributed by atoms with van der Waals surface area (Å²) >= 11 is 7.77. The molecule has 0 aliphatic rings. The van der Waals surface area contributed by atoms with Crippen LogP contribution in [0.3, 0.4) is 0 Å². The number of hydrogen-bond acceptors (Lipinski definition) is 2. The summed E-state index contributed by atoms with van der Waals surface area (Å²) in [4.78, 5) is 5.46. The van der Waals surface area contributed by atoms with Gasteiger partial charge in [0, 0.05) is 17.5 Å². The van der Waals surface area contributed by atoms with E-state index in [-0.39, 0.29) is 10.5 Å². The van der Waals surface area contributed by atoms with Gasteiger partial charge < -0.3 is 4.57 Å². The molecule has 0 atom stereocenters. The van der Waals surface area contributed by atoms with Crippen molar-refractivity contribution in [2.75, 3.05) is 5.75 Å². The number of fused-ring (bicyclic) bond motifs is 1. The van der Waals surface area contributed by atoms with Crippen molar-refractivity contribution < 1.29 is 13.2 Å². The van der Waals surface area contributed by atoms with E-state index in [4.69, 9.17) is 11.6 Å². The molecule has 2 nitrogen and oxygen atoms in total. The van der Waals surface area contributed by atoms with Crippen molar-refractivity contribution in [2.45, 2.75) is 18.0 Å². The Hall–Kier alpha value is -1.66. The highest BCUT2D eigenvalue weighted by Crippen LogP contribution is 2.38. The molecule has 1 heterocycles. The molecule has 0 unspecified atom stereocenters. The Morgan fingerprint density at radius 3 is 2.58 bits per heavy atom. The average Bonchev–Trinajstić information content (AvgIpc) is 2.85. The molecule has 0 aliphatic heterocycles. The van der Waals surface area contributed by atoms with E-state index in [0.29, 0.717) is 11.3 Å². The summed E-state index contributed by atoms with van der Waals surface area (Å²) in [6.07, 6.45) is -4.45. The van der Waals surface area contributed by atoms with Crippen molar-refractivity contribution in [3.8, 4) is 11.4 Å². The van der Waals surface area contributed by atoms with Gasteiger partial charge in [0.05, 0.1) is 21.6 Å². The summed E-state index contributed by atoms with van der Waals surface area (Å²) < 4.78 is 40.7. The van der Waals surface area contributed by atoms with Crippen LogP contribution in [0.2, 0.25) is 5.02 Å². The lowest BCUT2D eigenvalue weighted by Gasteiger charge is -2.09. The summed E-state index contributed by atoms with van der Waals surface area (Å²) in [7, 11) is 1.76. The van der Waals surface area contributed by atoms with Crippen LogP contribution in [-0.4, -0.2) is 15.3 Å². The number of rotatable bonds is 3. The zero-order valence-corrected chi connectivity index (χ0v) is 14.6. The minimum Gasteiger partial charge on any atom is -0.326 e. The highest BCUT2D eigenvalue weighted by Gasteiger charge is 2.32. The summed E-state index contributed by atoms with van der Waals surface area (Å²) in [5.41, 5.74) is 0.827. The van der Waals surface area contributed by atoms with Gasteiger partial charge in [0.25, 0.3) is 0 Å². The van der Waals surface area contributed by atoms with E-state index >= 15 is 0 Å². The third kappa shape index (κ3) is 3.00. The molecular weight excluding hydrogens is 357 g/mol. The summed E-state index contributed by atoms with van der Waals surface area (Å²) in [6, 6.07) is 9.70. The maximum absolute atomic E-state index is 13.0. The maximum atomic E-state index is 13.0. The zero-order valence-electron chi connectivity index (χ0n) is 13.0. The van der Waals surface area contributed by atoms with Crippen molar-refractivity contribution in [1.82, 2.24) is 9.55 Å². The van der Waals surface area contributed by atoms with Gasteiger partial charge >= 0.3 is 6.18 Å². The largest absolute Gasteiger partial charge is 0.416 e. The van der Waals surface area contributed by atoms with Gasteiger partial charge in [-0.25, -0.2) is 4.98 Å². The van der Waals surface area contributed by atoms with Gasteiger partial charge in [-0.05, 0) is 24.0 Å². The number of aromatic nitrogens is 2. The molecule has 0 spiro atoms. The molecule has 0 N–H and O–H groups in total. The van der Waals surface area contributed by atoms with E-state index in [1.54, 1.807) is 23.4 Å². The normalized spacial score (nSPS) is 12.1. The Balaban J connectivity index is 2.25. The highest BCUT2D eigenvalue weighted by atomic mass is 35.5. The Kier molecular flexibility index (Phi) is 4.53. The summed E-state index contributed by atoms with van der Waals surface area (Å²) in [5.74, 6) is 1.49. The molecule has 3 rings (SSSR count). The van der Waals surface area contributed by atoms with E-state index in [9.17, 15) is 13.2 Å². The quantitative estimate of drug-likeness (QED) is 0.524. The second-order valence-electron chi connectivity index (χ2n) is 5.25. The second-order valence-corrected chi connectivity index (χ2v) is 6.96. The van der Waals surface area contributed by atoms with Gasteiger partial charge in [-0.2, -0.15) is 13.2 Å². The lowest BCUT2D eigenvalue weighted by atomic mass is 10.2. The van der Waals surface area contributed by atoms with Gasteiger partial charge in [0.15, 0.2) is 0 Å². The second kappa shape index (κ2) is 6.33. The van der Waals surface area contributed by atoms with Gasteiger partial charge in [-0.3, -0.25) is 0 Å². The molecule has 1 aromatic heterocycles. The molecule has 0 saturated heterocycles. The Labute approximate surface area is 146 Å². The third-order valence-corrected chi connectivity index (χ3v) is 4.92. The number of alkyl halides is 3. The minimum absolute atomic E-state index is 0.0432. The molecule has 0 aliphatic carbocycles. The molecule has 0 bridgehead atoms. The van der Waals surface area contributed by atoms with Crippen molar-refractivity contribution in [1.29, 1.82) is 0 Å². The lowest BCUT2D eigenvalue weighted by molar-refractivity contribution is -0.137. The molecular formula is C17H14ClF3N2S. The molecule has 2 aromatic carbocycles. The van der Waals surface area contributed by atoms with Gasteiger partial charge in [0.2, 0.25) is 0 Å². The number of hydrogen-bond donors (Lipinski definition) is 0. The van der Waals surface area contributed by atoms with E-state index in [1.807, 2.05) is 31.2 Å². The fourth-order valence-corrected chi connectivity index (χ4v) is 3.78. The van der Waals surface area contributed by atoms with Crippen LogP contribution >= 0.6 is 23.4 Å². The SMILES string of the molecule is CCSc1ccccc1-c1nc2cc(C(F)(F)F)cc(Cl)c2n1C. The Morgan fingerprint density at radius 2 is 1.92 bits per heavy atom. The monoisotopic (exact) mass is 370 g/mol. The summed E-state index contributed by atoms with van der Waals surface area (Å²) in [6.45, 7) is 2.04. The first kappa shape index (κ1) is 17.2. The number of nitrogens with zero attached hydrogens (tertiary/aromatic N) is 2. The molecule has 0 radical (unpaired) electrons. The topological polar surface area (TPSA) is 17.8 Å². The third-order valence-electron chi connectivity index (χ3n) is 3.68. The van der Waals surface area contributed by atoms with Crippen molar-refractivity contribution in [3.05, 3.63) is 47.0 Å². The van der Waals surface area contributed by atoms with Crippen LogP contribution in [0.5, 0.6) is 0 Å². The van der Waals surface area contributed by atoms with Crippen molar-refractivity contribution >= 4 is 34.4 Å². The van der Waals surface area contributed by atoms with E-state index in [1.165, 1.54) is 0 Å². The van der Waals surface area contributed by atoms with Gasteiger partial charge in [-0.1, -0.05) is 36.7 Å². The van der Waals surface area contributed by atoms with Crippen LogP contribution in [0.1, 0.15) is 12.5 Å². The van der Waals surface area contributed by atoms with Crippen LogP contribution in [0.4, 0.5) is 13.2 Å². The van der Waals surface area contributed by atoms with Crippen LogP contribution < -0.4 is 0 Å². The predicted molar refractivity (Wildman–Crippen MR) is 92.6 cm³/mol. The first-order valence-corrected chi connectivity index (χ1v) is 8.64. The highest BCUT2D eigenvalue weighted by molar-refractivity contribution is 7.99. The molecule has 0 amide bonds. The molecule has 126 valence electrons. The fourth-order valence-electron chi connectivity index (χ4n) is 2.63. The van der Waals surface area contributed by atoms with Crippen LogP contribution in [0.15, 0.2) is 41.3 Å². The van der Waals surface area contributed by atoms with Gasteiger partial charge in [0.1, 0.15) is 5.82 Å². The van der Waals surface area contributed by atoms with Crippen LogP contribution in [0.25, 0.3) is 22.4 Å². The predicted octanol–water partition coefficient (Wildman–Crippen LogP) is 6.02. The Morgan fingerprint density at radius 1 is 1.21 bits per heavy atom. The van der Waals surface area contributed by atoms with Gasteiger partial charge in [-0.15, -0.1) is 11.8 Å². The van der Waals surface area contributed by atoms with Crippen molar-refractivity contribution in [3.63, 3.8) is 0 Å². The summed E-state index contributed by atoms with van der Waals surface area (Å²) in [5, 5.41) is 0.0432. The average molecular weight is 371 g/mol. The molecule has 3 aromatic rings. The first-order chi connectivity index (χ1) is 11.3. The molecule has 7 heteroatoms. The Bertz CT molecular complexity index is 903. The minimum atomic E-state index is -4.45. The molecule has 0 fully saturated rings.